The third kappa shape index (κ3) is 6.20. The van der Waals surface area contributed by atoms with E-state index in [9.17, 15) is 4.79 Å². The van der Waals surface area contributed by atoms with Gasteiger partial charge in [0, 0.05) is 47.6 Å². The molecule has 0 aliphatic rings. The molecule has 0 atom stereocenters. The second-order valence-electron chi connectivity index (χ2n) is 6.23. The summed E-state index contributed by atoms with van der Waals surface area (Å²) >= 11 is 1.79. The number of hydrogen-bond acceptors (Lipinski definition) is 4. The predicted molar refractivity (Wildman–Crippen MR) is 116 cm³/mol. The van der Waals surface area contributed by atoms with Gasteiger partial charge in [-0.1, -0.05) is 30.3 Å². The van der Waals surface area contributed by atoms with Crippen molar-refractivity contribution in [3.05, 3.63) is 90.8 Å². The molecule has 3 nitrogen and oxygen atoms in total. The number of aliphatic hydroxyl groups is 1. The molecule has 0 aliphatic heterocycles. The van der Waals surface area contributed by atoms with Gasteiger partial charge in [-0.3, -0.25) is 4.79 Å². The molecular weight excluding hydrogens is 559 g/mol. The maximum Gasteiger partial charge on any atom is 0.155 e. The van der Waals surface area contributed by atoms with Crippen LogP contribution in [0.4, 0.5) is 0 Å². The molecule has 0 aliphatic carbocycles. The first-order valence-corrected chi connectivity index (χ1v) is 9.65. The molecule has 0 bridgehead atoms. The average Bonchev–Trinajstić information content (AvgIpc) is 3.13. The molecule has 1 radical (unpaired) electrons. The van der Waals surface area contributed by atoms with Gasteiger partial charge in [-0.05, 0) is 36.9 Å². The summed E-state index contributed by atoms with van der Waals surface area (Å²) in [6.07, 6.45) is 3.04. The number of nitrogens with zero attached hydrogens (tertiary/aromatic N) is 1. The van der Waals surface area contributed by atoms with E-state index in [4.69, 9.17) is 5.11 Å². The predicted octanol–water partition coefficient (Wildman–Crippen LogP) is 6.47. The normalized spacial score (nSPS) is 10.6. The van der Waals surface area contributed by atoms with Crippen molar-refractivity contribution >= 4 is 27.2 Å². The number of thiophene rings is 1. The zero-order valence-electron chi connectivity index (χ0n) is 16.0. The van der Waals surface area contributed by atoms with Crippen LogP contribution in [0.2, 0.25) is 0 Å². The molecule has 29 heavy (non-hydrogen) atoms. The molecular formula is C24H20IrNO2S-. The average molecular weight is 579 g/mol. The topological polar surface area (TPSA) is 50.2 Å². The summed E-state index contributed by atoms with van der Waals surface area (Å²) in [4.78, 5) is 15.9. The summed E-state index contributed by atoms with van der Waals surface area (Å²) in [5, 5.41) is 9.60. The Morgan fingerprint density at radius 2 is 1.79 bits per heavy atom. The third-order valence-corrected chi connectivity index (χ3v) is 5.07. The monoisotopic (exact) mass is 579 g/mol. The van der Waals surface area contributed by atoms with Crippen LogP contribution in [0, 0.1) is 6.07 Å². The first-order valence-electron chi connectivity index (χ1n) is 8.83. The SMILES string of the molecule is CC(=O)/C=C(/C)O.[Ir].[c-]1ccccc1-c1nccc2cc(-c3ccccc3)sc12. The Kier molecular flexibility index (Phi) is 8.47. The van der Waals surface area contributed by atoms with Crippen LogP contribution in [-0.2, 0) is 24.9 Å². The van der Waals surface area contributed by atoms with E-state index in [2.05, 4.69) is 53.5 Å². The van der Waals surface area contributed by atoms with Crippen molar-refractivity contribution in [3.8, 4) is 21.7 Å². The number of benzene rings is 2. The minimum absolute atomic E-state index is 0. The Morgan fingerprint density at radius 1 is 1.07 bits per heavy atom. The van der Waals surface area contributed by atoms with Gasteiger partial charge in [0.25, 0.3) is 0 Å². The van der Waals surface area contributed by atoms with E-state index in [-0.39, 0.29) is 31.6 Å². The van der Waals surface area contributed by atoms with E-state index in [0.29, 0.717) is 0 Å². The Labute approximate surface area is 188 Å². The number of fused-ring (bicyclic) bond motifs is 1. The minimum Gasteiger partial charge on any atom is -0.512 e. The number of carbonyl (C=O) groups is 1. The number of rotatable bonds is 3. The number of pyridine rings is 1. The second kappa shape index (κ2) is 10.8. The van der Waals surface area contributed by atoms with Gasteiger partial charge in [0.2, 0.25) is 0 Å². The fraction of sp³-hybridized carbons (Fsp3) is 0.0833. The van der Waals surface area contributed by atoms with Crippen molar-refractivity contribution in [2.24, 2.45) is 0 Å². The van der Waals surface area contributed by atoms with Gasteiger partial charge in [-0.25, -0.2) is 0 Å². The van der Waals surface area contributed by atoms with Crippen LogP contribution >= 0.6 is 11.3 Å². The molecule has 0 fully saturated rings. The zero-order valence-corrected chi connectivity index (χ0v) is 19.3. The molecule has 4 aromatic rings. The molecule has 0 amide bonds. The van der Waals surface area contributed by atoms with Gasteiger partial charge in [0.15, 0.2) is 5.78 Å². The van der Waals surface area contributed by atoms with Crippen LogP contribution in [0.1, 0.15) is 13.8 Å². The number of ketones is 1. The summed E-state index contributed by atoms with van der Waals surface area (Å²) in [7, 11) is 0. The molecule has 2 heterocycles. The van der Waals surface area contributed by atoms with Crippen LogP contribution in [0.25, 0.3) is 31.8 Å². The van der Waals surface area contributed by atoms with Crippen molar-refractivity contribution < 1.29 is 30.0 Å². The fourth-order valence-electron chi connectivity index (χ4n) is 2.74. The van der Waals surface area contributed by atoms with Gasteiger partial charge in [-0.2, -0.15) is 0 Å². The second-order valence-corrected chi connectivity index (χ2v) is 7.28. The van der Waals surface area contributed by atoms with Crippen molar-refractivity contribution in [1.29, 1.82) is 0 Å². The molecule has 5 heteroatoms. The summed E-state index contributed by atoms with van der Waals surface area (Å²) in [6.45, 7) is 2.85. The maximum atomic E-state index is 10.0. The Morgan fingerprint density at radius 3 is 2.38 bits per heavy atom. The number of aliphatic hydroxyl groups excluding tert-OH is 1. The van der Waals surface area contributed by atoms with Gasteiger partial charge < -0.3 is 10.1 Å². The largest absolute Gasteiger partial charge is 0.512 e. The first-order chi connectivity index (χ1) is 13.5. The summed E-state index contributed by atoms with van der Waals surface area (Å²) in [5.74, 6) is -0.0625. The molecule has 149 valence electrons. The van der Waals surface area contributed by atoms with E-state index in [1.165, 1.54) is 40.5 Å². The van der Waals surface area contributed by atoms with Gasteiger partial charge >= 0.3 is 0 Å². The molecule has 0 saturated heterocycles. The Bertz CT molecular complexity index is 1100. The smallest absolute Gasteiger partial charge is 0.155 e. The number of hydrogen-bond donors (Lipinski definition) is 1. The molecule has 2 aromatic carbocycles. The molecule has 0 saturated carbocycles. The Balaban J connectivity index is 0.000000327. The summed E-state index contributed by atoms with van der Waals surface area (Å²) in [6, 6.07) is 26.1. The van der Waals surface area contributed by atoms with E-state index in [0.717, 1.165) is 11.3 Å². The van der Waals surface area contributed by atoms with Gasteiger partial charge in [-0.15, -0.1) is 47.2 Å². The Hall–Kier alpha value is -2.59. The number of allylic oxidation sites excluding steroid dienone is 2. The minimum atomic E-state index is -0.125. The van der Waals surface area contributed by atoms with Crippen molar-refractivity contribution in [2.45, 2.75) is 13.8 Å². The van der Waals surface area contributed by atoms with Crippen molar-refractivity contribution in [3.63, 3.8) is 0 Å². The third-order valence-electron chi connectivity index (χ3n) is 3.87. The molecule has 0 unspecified atom stereocenters. The van der Waals surface area contributed by atoms with E-state index in [1.807, 2.05) is 30.5 Å². The van der Waals surface area contributed by atoms with E-state index < -0.39 is 0 Å². The fourth-order valence-corrected chi connectivity index (χ4v) is 3.90. The first kappa shape index (κ1) is 22.7. The number of carbonyl (C=O) groups excluding carboxylic acids is 1. The summed E-state index contributed by atoms with van der Waals surface area (Å²) < 4.78 is 1.22. The molecule has 1 N–H and O–H groups in total. The van der Waals surface area contributed by atoms with Gasteiger partial charge in [0.05, 0.1) is 5.76 Å². The zero-order chi connectivity index (χ0) is 19.9. The number of aromatic nitrogens is 1. The standard InChI is InChI=1S/C19H12NS.C5H8O2.Ir/c1-3-7-14(8-4-1)17-13-16-11-12-20-18(19(16)21-17)15-9-5-2-6-10-15;1-4(6)3-5(2)7;/h1-9,11-13H;3,6H,1-2H3;/q-1;;/b;4-3-;. The van der Waals surface area contributed by atoms with Gasteiger partial charge in [0.1, 0.15) is 0 Å². The van der Waals surface area contributed by atoms with Crippen LogP contribution in [0.5, 0.6) is 0 Å². The van der Waals surface area contributed by atoms with Crippen LogP contribution < -0.4 is 0 Å². The maximum absolute atomic E-state index is 10.0. The van der Waals surface area contributed by atoms with E-state index >= 15 is 0 Å². The molecule has 0 spiro atoms. The van der Waals surface area contributed by atoms with Crippen molar-refractivity contribution in [1.82, 2.24) is 4.98 Å². The molecule has 2 aromatic heterocycles. The molecule has 4 rings (SSSR count). The van der Waals surface area contributed by atoms with Crippen LogP contribution in [0.15, 0.2) is 84.8 Å². The van der Waals surface area contributed by atoms with E-state index in [1.54, 1.807) is 11.3 Å². The van der Waals surface area contributed by atoms with Crippen LogP contribution in [0.3, 0.4) is 0 Å². The quantitative estimate of drug-likeness (QED) is 0.172. The summed E-state index contributed by atoms with van der Waals surface area (Å²) in [5.41, 5.74) is 3.31. The van der Waals surface area contributed by atoms with Crippen LogP contribution in [-0.4, -0.2) is 15.9 Å². The van der Waals surface area contributed by atoms with Crippen molar-refractivity contribution in [2.75, 3.05) is 0 Å².